The number of ketones is 1. The minimum Gasteiger partial charge on any atom is -0.506 e. The molecule has 0 aromatic heterocycles. The third kappa shape index (κ3) is 0.565. The zero-order valence-electron chi connectivity index (χ0n) is 5.11. The molecule has 4 heteroatoms. The summed E-state index contributed by atoms with van der Waals surface area (Å²) in [5.41, 5.74) is 0. The number of aliphatic hydroxyl groups excluding tert-OH is 1. The number of carbonyl (C=O) groups is 1. The molecule has 1 saturated heterocycles. The first-order chi connectivity index (χ1) is 4.79. The van der Waals surface area contributed by atoms with Crippen molar-refractivity contribution in [3.8, 4) is 0 Å². The van der Waals surface area contributed by atoms with E-state index >= 15 is 0 Å². The molecule has 2 aliphatic heterocycles. The maximum Gasteiger partial charge on any atom is 0.202 e. The monoisotopic (exact) mass is 142 g/mol. The van der Waals surface area contributed by atoms with Crippen molar-refractivity contribution in [2.24, 2.45) is 0 Å². The molecule has 0 bridgehead atoms. The van der Waals surface area contributed by atoms with E-state index in [1.165, 1.54) is 0 Å². The van der Waals surface area contributed by atoms with Crippen LogP contribution in [0.25, 0.3) is 0 Å². The van der Waals surface area contributed by atoms with Crippen molar-refractivity contribution in [3.05, 3.63) is 12.0 Å². The average Bonchev–Trinajstić information content (AvgIpc) is 2.41. The van der Waals surface area contributed by atoms with Crippen molar-refractivity contribution in [2.45, 2.75) is 12.2 Å². The Bertz CT molecular complexity index is 208. The molecule has 1 fully saturated rings. The first-order valence-electron chi connectivity index (χ1n) is 2.98. The van der Waals surface area contributed by atoms with Crippen LogP contribution in [0.1, 0.15) is 0 Å². The summed E-state index contributed by atoms with van der Waals surface area (Å²) in [7, 11) is 0. The van der Waals surface area contributed by atoms with Crippen LogP contribution in [0, 0.1) is 0 Å². The quantitative estimate of drug-likeness (QED) is 0.506. The number of ether oxygens (including phenoxy) is 2. The first-order valence-corrected chi connectivity index (χ1v) is 2.98. The SMILES string of the molecule is O=C1COC2C(O)=COC12. The van der Waals surface area contributed by atoms with E-state index in [4.69, 9.17) is 14.6 Å². The smallest absolute Gasteiger partial charge is 0.202 e. The fourth-order valence-corrected chi connectivity index (χ4v) is 1.11. The van der Waals surface area contributed by atoms with Gasteiger partial charge < -0.3 is 14.6 Å². The Labute approximate surface area is 57.0 Å². The van der Waals surface area contributed by atoms with Crippen LogP contribution in [0.2, 0.25) is 0 Å². The van der Waals surface area contributed by atoms with Crippen LogP contribution < -0.4 is 0 Å². The lowest BCUT2D eigenvalue weighted by molar-refractivity contribution is -0.123. The van der Waals surface area contributed by atoms with Crippen molar-refractivity contribution < 1.29 is 19.4 Å². The van der Waals surface area contributed by atoms with Crippen LogP contribution in [0.5, 0.6) is 0 Å². The summed E-state index contributed by atoms with van der Waals surface area (Å²) in [6, 6.07) is 0. The molecular formula is C6H6O4. The molecule has 2 rings (SSSR count). The van der Waals surface area contributed by atoms with E-state index in [1.807, 2.05) is 0 Å². The first kappa shape index (κ1) is 5.73. The van der Waals surface area contributed by atoms with Gasteiger partial charge in [-0.3, -0.25) is 4.79 Å². The van der Waals surface area contributed by atoms with Gasteiger partial charge in [-0.05, 0) is 0 Å². The molecule has 10 heavy (non-hydrogen) atoms. The fraction of sp³-hybridized carbons (Fsp3) is 0.500. The predicted molar refractivity (Wildman–Crippen MR) is 30.3 cm³/mol. The van der Waals surface area contributed by atoms with Gasteiger partial charge in [-0.15, -0.1) is 0 Å². The number of hydrogen-bond donors (Lipinski definition) is 1. The van der Waals surface area contributed by atoms with Gasteiger partial charge in [0.15, 0.2) is 18.0 Å². The van der Waals surface area contributed by atoms with Crippen molar-refractivity contribution >= 4 is 5.78 Å². The van der Waals surface area contributed by atoms with Gasteiger partial charge in [-0.1, -0.05) is 0 Å². The van der Waals surface area contributed by atoms with Crippen LogP contribution in [-0.4, -0.2) is 29.7 Å². The van der Waals surface area contributed by atoms with Gasteiger partial charge in [0.2, 0.25) is 5.78 Å². The molecule has 0 aromatic rings. The van der Waals surface area contributed by atoms with Gasteiger partial charge in [-0.25, -0.2) is 0 Å². The lowest BCUT2D eigenvalue weighted by atomic mass is 10.2. The lowest BCUT2D eigenvalue weighted by Gasteiger charge is -2.04. The summed E-state index contributed by atoms with van der Waals surface area (Å²) in [5.74, 6) is -0.0962. The summed E-state index contributed by atoms with van der Waals surface area (Å²) in [6.45, 7) is 0.0488. The van der Waals surface area contributed by atoms with Crippen molar-refractivity contribution in [3.63, 3.8) is 0 Å². The average molecular weight is 142 g/mol. The second kappa shape index (κ2) is 1.73. The van der Waals surface area contributed by atoms with Crippen LogP contribution in [-0.2, 0) is 14.3 Å². The highest BCUT2D eigenvalue weighted by molar-refractivity contribution is 5.87. The molecule has 2 atom stereocenters. The summed E-state index contributed by atoms with van der Waals surface area (Å²) in [6.07, 6.45) is 0.0411. The normalized spacial score (nSPS) is 37.2. The molecule has 4 nitrogen and oxygen atoms in total. The Hall–Kier alpha value is -1.03. The molecule has 2 unspecified atom stereocenters. The van der Waals surface area contributed by atoms with E-state index in [9.17, 15) is 4.79 Å². The molecule has 0 saturated carbocycles. The molecule has 0 aromatic carbocycles. The Morgan fingerprint density at radius 3 is 3.10 bits per heavy atom. The zero-order chi connectivity index (χ0) is 7.14. The molecule has 0 spiro atoms. The van der Waals surface area contributed by atoms with E-state index < -0.39 is 12.2 Å². The fourth-order valence-electron chi connectivity index (χ4n) is 1.11. The number of fused-ring (bicyclic) bond motifs is 1. The molecular weight excluding hydrogens is 136 g/mol. The minimum atomic E-state index is -0.583. The molecule has 2 aliphatic rings. The van der Waals surface area contributed by atoms with Gasteiger partial charge in [0.05, 0.1) is 0 Å². The highest BCUT2D eigenvalue weighted by Gasteiger charge is 2.43. The number of carbonyl (C=O) groups excluding carboxylic acids is 1. The van der Waals surface area contributed by atoms with Crippen LogP contribution in [0.15, 0.2) is 12.0 Å². The Morgan fingerprint density at radius 1 is 1.60 bits per heavy atom. The zero-order valence-corrected chi connectivity index (χ0v) is 5.11. The highest BCUT2D eigenvalue weighted by atomic mass is 16.6. The topological polar surface area (TPSA) is 55.8 Å². The molecule has 54 valence electrons. The summed E-state index contributed by atoms with van der Waals surface area (Å²) >= 11 is 0. The molecule has 0 amide bonds. The van der Waals surface area contributed by atoms with Gasteiger partial charge in [-0.2, -0.15) is 0 Å². The second-order valence-corrected chi connectivity index (χ2v) is 2.30. The number of hydrogen-bond acceptors (Lipinski definition) is 4. The summed E-state index contributed by atoms with van der Waals surface area (Å²) in [5, 5.41) is 8.98. The third-order valence-electron chi connectivity index (χ3n) is 1.62. The Morgan fingerprint density at radius 2 is 2.40 bits per heavy atom. The van der Waals surface area contributed by atoms with Gasteiger partial charge in [0.1, 0.15) is 12.9 Å². The van der Waals surface area contributed by atoms with E-state index in [-0.39, 0.29) is 18.1 Å². The van der Waals surface area contributed by atoms with Crippen molar-refractivity contribution in [2.75, 3.05) is 6.61 Å². The van der Waals surface area contributed by atoms with Gasteiger partial charge in [0, 0.05) is 0 Å². The lowest BCUT2D eigenvalue weighted by Crippen LogP contribution is -2.24. The number of rotatable bonds is 0. The third-order valence-corrected chi connectivity index (χ3v) is 1.62. The molecule has 2 heterocycles. The minimum absolute atomic E-state index is 0.0100. The van der Waals surface area contributed by atoms with Crippen molar-refractivity contribution in [1.29, 1.82) is 0 Å². The van der Waals surface area contributed by atoms with Crippen LogP contribution >= 0.6 is 0 Å². The van der Waals surface area contributed by atoms with E-state index in [0.29, 0.717) is 0 Å². The second-order valence-electron chi connectivity index (χ2n) is 2.30. The number of aliphatic hydroxyl groups is 1. The van der Waals surface area contributed by atoms with Crippen LogP contribution in [0.4, 0.5) is 0 Å². The highest BCUT2D eigenvalue weighted by Crippen LogP contribution is 2.25. The van der Waals surface area contributed by atoms with Crippen LogP contribution in [0.3, 0.4) is 0 Å². The summed E-state index contributed by atoms with van der Waals surface area (Å²) < 4.78 is 9.72. The van der Waals surface area contributed by atoms with E-state index in [2.05, 4.69) is 0 Å². The predicted octanol–water partition coefficient (Wildman–Crippen LogP) is -0.248. The Kier molecular flexibility index (Phi) is 0.990. The van der Waals surface area contributed by atoms with Crippen molar-refractivity contribution in [1.82, 2.24) is 0 Å². The molecule has 0 aliphatic carbocycles. The van der Waals surface area contributed by atoms with Gasteiger partial charge >= 0.3 is 0 Å². The Balaban J connectivity index is 2.24. The number of Topliss-reactive ketones (excluding diaryl/α,β-unsaturated/α-hetero) is 1. The maximum absolute atomic E-state index is 10.8. The van der Waals surface area contributed by atoms with E-state index in [0.717, 1.165) is 6.26 Å². The molecule has 1 N–H and O–H groups in total. The maximum atomic E-state index is 10.8. The summed E-state index contributed by atoms with van der Waals surface area (Å²) in [4.78, 5) is 10.8. The van der Waals surface area contributed by atoms with Gasteiger partial charge in [0.25, 0.3) is 0 Å². The molecule has 0 radical (unpaired) electrons. The standard InChI is InChI=1S/C6H6O4/c7-3-1-9-6-4(8)2-10-5(3)6/h1,5-7H,2H2. The van der Waals surface area contributed by atoms with E-state index in [1.54, 1.807) is 0 Å². The largest absolute Gasteiger partial charge is 0.506 e.